The Morgan fingerprint density at radius 3 is 2.59 bits per heavy atom. The van der Waals surface area contributed by atoms with Gasteiger partial charge >= 0.3 is 0 Å². The molecule has 1 aliphatic rings. The number of thiophene rings is 1. The first-order valence-electron chi connectivity index (χ1n) is 9.66. The van der Waals surface area contributed by atoms with Crippen LogP contribution in [0.25, 0.3) is 15.7 Å². The van der Waals surface area contributed by atoms with Crippen LogP contribution in [0.2, 0.25) is 0 Å². The summed E-state index contributed by atoms with van der Waals surface area (Å²) in [6.45, 7) is 9.99. The van der Waals surface area contributed by atoms with Crippen molar-refractivity contribution in [1.82, 2.24) is 19.1 Å². The Labute approximate surface area is 162 Å². The maximum atomic E-state index is 13.0. The van der Waals surface area contributed by atoms with Gasteiger partial charge in [0.25, 0.3) is 5.56 Å². The van der Waals surface area contributed by atoms with E-state index in [0.29, 0.717) is 23.8 Å². The number of carbonyl (C=O) groups excluding carboxylic acids is 1. The van der Waals surface area contributed by atoms with E-state index in [1.807, 2.05) is 22.3 Å². The molecule has 3 aromatic heterocycles. The number of amides is 1. The molecule has 1 fully saturated rings. The molecule has 0 radical (unpaired) electrons. The van der Waals surface area contributed by atoms with Crippen LogP contribution < -0.4 is 5.56 Å². The number of hydrogen-bond acceptors (Lipinski definition) is 4. The normalized spacial score (nSPS) is 20.7. The molecule has 0 spiro atoms. The van der Waals surface area contributed by atoms with Gasteiger partial charge in [0, 0.05) is 24.4 Å². The first kappa shape index (κ1) is 18.2. The number of hydrogen-bond donors (Lipinski definition) is 0. The average molecular weight is 387 g/mol. The zero-order valence-corrected chi connectivity index (χ0v) is 17.2. The summed E-state index contributed by atoms with van der Waals surface area (Å²) in [6, 6.07) is 4.03. The Morgan fingerprint density at radius 2 is 1.93 bits per heavy atom. The molecule has 0 unspecified atom stereocenters. The third-order valence-corrected chi connectivity index (χ3v) is 6.37. The van der Waals surface area contributed by atoms with Crippen molar-refractivity contribution >= 4 is 33.0 Å². The fourth-order valence-corrected chi connectivity index (χ4v) is 5.29. The summed E-state index contributed by atoms with van der Waals surface area (Å²) in [6.07, 6.45) is 1.84. The number of aromatic nitrogens is 3. The van der Waals surface area contributed by atoms with Crippen molar-refractivity contribution < 1.29 is 4.79 Å². The number of fused-ring (bicyclic) bond motifs is 3. The van der Waals surface area contributed by atoms with Crippen molar-refractivity contribution in [3.05, 3.63) is 33.2 Å². The van der Waals surface area contributed by atoms with Gasteiger partial charge in [-0.2, -0.15) is 5.10 Å². The molecule has 1 aliphatic heterocycles. The zero-order chi connectivity index (χ0) is 19.3. The van der Waals surface area contributed by atoms with E-state index in [2.05, 4.69) is 31.9 Å². The molecule has 0 aromatic carbocycles. The summed E-state index contributed by atoms with van der Waals surface area (Å²) in [4.78, 5) is 28.9. The molecule has 7 heteroatoms. The van der Waals surface area contributed by atoms with Gasteiger partial charge in [0.15, 0.2) is 0 Å². The van der Waals surface area contributed by atoms with Gasteiger partial charge in [-0.15, -0.1) is 11.3 Å². The third-order valence-electron chi connectivity index (χ3n) is 5.38. The summed E-state index contributed by atoms with van der Waals surface area (Å²) < 4.78 is 4.40. The van der Waals surface area contributed by atoms with Crippen LogP contribution in [0.4, 0.5) is 0 Å². The summed E-state index contributed by atoms with van der Waals surface area (Å²) >= 11 is 1.68. The molecular weight excluding hydrogens is 360 g/mol. The number of piperidine rings is 1. The van der Waals surface area contributed by atoms with Crippen LogP contribution in [0.1, 0.15) is 37.9 Å². The Bertz CT molecular complexity index is 1070. The Kier molecular flexibility index (Phi) is 4.58. The van der Waals surface area contributed by atoms with E-state index < -0.39 is 0 Å². The topological polar surface area (TPSA) is 59.6 Å². The molecule has 2 atom stereocenters. The molecule has 144 valence electrons. The Balaban J connectivity index is 1.73. The van der Waals surface area contributed by atoms with E-state index in [9.17, 15) is 9.59 Å². The lowest BCUT2D eigenvalue weighted by molar-refractivity contribution is -0.134. The van der Waals surface area contributed by atoms with Gasteiger partial charge in [-0.05, 0) is 37.3 Å². The first-order chi connectivity index (χ1) is 12.9. The van der Waals surface area contributed by atoms with Crippen LogP contribution in [-0.4, -0.2) is 38.1 Å². The molecular formula is C20H26N4O2S. The van der Waals surface area contributed by atoms with E-state index in [1.54, 1.807) is 11.3 Å². The minimum atomic E-state index is -0.195. The second kappa shape index (κ2) is 6.78. The molecule has 0 bridgehead atoms. The van der Waals surface area contributed by atoms with Crippen LogP contribution >= 0.6 is 11.3 Å². The van der Waals surface area contributed by atoms with E-state index in [1.165, 1.54) is 9.56 Å². The van der Waals surface area contributed by atoms with Gasteiger partial charge in [-0.1, -0.05) is 20.8 Å². The standard InChI is InChI=1S/C20H26N4O2S/c1-5-18-21-23(11-19(25)22-9-12(2)6-13(3)10-22)20(26)16-8-17-15(24(16)18)7-14(4)27-17/h7-8,12-13H,5-6,9-11H2,1-4H3/t12-,13+. The molecule has 6 nitrogen and oxygen atoms in total. The summed E-state index contributed by atoms with van der Waals surface area (Å²) in [5.74, 6) is 1.79. The lowest BCUT2D eigenvalue weighted by Crippen LogP contribution is -2.45. The monoisotopic (exact) mass is 386 g/mol. The number of aryl methyl sites for hydroxylation is 2. The predicted molar refractivity (Wildman–Crippen MR) is 108 cm³/mol. The van der Waals surface area contributed by atoms with Gasteiger partial charge < -0.3 is 4.90 Å². The third kappa shape index (κ3) is 3.18. The number of nitrogens with zero attached hydrogens (tertiary/aromatic N) is 4. The van der Waals surface area contributed by atoms with Crippen LogP contribution in [-0.2, 0) is 17.8 Å². The van der Waals surface area contributed by atoms with Crippen LogP contribution in [0.15, 0.2) is 16.9 Å². The van der Waals surface area contributed by atoms with Crippen molar-refractivity contribution in [2.75, 3.05) is 13.1 Å². The van der Waals surface area contributed by atoms with Gasteiger partial charge in [-0.25, -0.2) is 4.68 Å². The molecule has 27 heavy (non-hydrogen) atoms. The molecule has 1 amide bonds. The van der Waals surface area contributed by atoms with Crippen LogP contribution in [0.3, 0.4) is 0 Å². The molecule has 4 rings (SSSR count). The molecule has 0 aliphatic carbocycles. The number of carbonyl (C=O) groups is 1. The Morgan fingerprint density at radius 1 is 1.22 bits per heavy atom. The van der Waals surface area contributed by atoms with Gasteiger partial charge in [-0.3, -0.25) is 14.0 Å². The molecule has 4 heterocycles. The van der Waals surface area contributed by atoms with Crippen molar-refractivity contribution in [3.63, 3.8) is 0 Å². The highest BCUT2D eigenvalue weighted by molar-refractivity contribution is 7.19. The minimum absolute atomic E-state index is 0.0135. The van der Waals surface area contributed by atoms with E-state index in [-0.39, 0.29) is 18.0 Å². The molecule has 0 N–H and O–H groups in total. The Hall–Kier alpha value is -2.15. The molecule has 0 saturated carbocycles. The second-order valence-corrected chi connectivity index (χ2v) is 9.24. The fourth-order valence-electron chi connectivity index (χ4n) is 4.34. The largest absolute Gasteiger partial charge is 0.341 e. The SMILES string of the molecule is CCc1nn(CC(=O)N2C[C@H](C)C[C@H](C)C2)c(=O)c2cc3sc(C)cc3n12. The lowest BCUT2D eigenvalue weighted by atomic mass is 9.92. The summed E-state index contributed by atoms with van der Waals surface area (Å²) in [5.41, 5.74) is 1.45. The van der Waals surface area contributed by atoms with Gasteiger partial charge in [0.1, 0.15) is 17.9 Å². The van der Waals surface area contributed by atoms with Crippen molar-refractivity contribution in [2.45, 2.75) is 47.1 Å². The summed E-state index contributed by atoms with van der Waals surface area (Å²) in [5, 5.41) is 4.55. The second-order valence-electron chi connectivity index (χ2n) is 7.95. The zero-order valence-electron chi connectivity index (χ0n) is 16.4. The van der Waals surface area contributed by atoms with Gasteiger partial charge in [0.2, 0.25) is 5.91 Å². The molecule has 1 saturated heterocycles. The summed E-state index contributed by atoms with van der Waals surface area (Å²) in [7, 11) is 0. The quantitative estimate of drug-likeness (QED) is 0.695. The smallest absolute Gasteiger partial charge is 0.291 e. The van der Waals surface area contributed by atoms with Crippen molar-refractivity contribution in [3.8, 4) is 0 Å². The van der Waals surface area contributed by atoms with E-state index in [0.717, 1.165) is 35.6 Å². The minimum Gasteiger partial charge on any atom is -0.341 e. The first-order valence-corrected chi connectivity index (χ1v) is 10.5. The van der Waals surface area contributed by atoms with Gasteiger partial charge in [0.05, 0.1) is 10.2 Å². The highest BCUT2D eigenvalue weighted by Gasteiger charge is 2.26. The van der Waals surface area contributed by atoms with Crippen LogP contribution in [0.5, 0.6) is 0 Å². The van der Waals surface area contributed by atoms with Crippen LogP contribution in [0, 0.1) is 18.8 Å². The maximum Gasteiger partial charge on any atom is 0.291 e. The highest BCUT2D eigenvalue weighted by atomic mass is 32.1. The van der Waals surface area contributed by atoms with E-state index >= 15 is 0 Å². The highest BCUT2D eigenvalue weighted by Crippen LogP contribution is 2.28. The number of likely N-dealkylation sites (tertiary alicyclic amines) is 1. The maximum absolute atomic E-state index is 13.0. The predicted octanol–water partition coefficient (Wildman–Crippen LogP) is 3.09. The number of rotatable bonds is 3. The fraction of sp³-hybridized carbons (Fsp3) is 0.550. The van der Waals surface area contributed by atoms with Crippen molar-refractivity contribution in [2.24, 2.45) is 11.8 Å². The lowest BCUT2D eigenvalue weighted by Gasteiger charge is -2.35. The molecule has 3 aromatic rings. The average Bonchev–Trinajstić information content (AvgIpc) is 3.13. The van der Waals surface area contributed by atoms with E-state index in [4.69, 9.17) is 0 Å². The van der Waals surface area contributed by atoms with Crippen molar-refractivity contribution in [1.29, 1.82) is 0 Å².